The van der Waals surface area contributed by atoms with Crippen LogP contribution < -0.4 is 5.32 Å². The fourth-order valence-electron chi connectivity index (χ4n) is 1.58. The number of amidine groups is 1. The summed E-state index contributed by atoms with van der Waals surface area (Å²) in [6.45, 7) is 6.66. The van der Waals surface area contributed by atoms with Gasteiger partial charge < -0.3 is 10.2 Å². The van der Waals surface area contributed by atoms with Gasteiger partial charge in [-0.3, -0.25) is 4.99 Å². The van der Waals surface area contributed by atoms with Crippen LogP contribution in [0.4, 0.5) is 0 Å². The van der Waals surface area contributed by atoms with Gasteiger partial charge in [0.05, 0.1) is 0 Å². The van der Waals surface area contributed by atoms with E-state index in [0.717, 1.165) is 11.7 Å². The highest BCUT2D eigenvalue weighted by Crippen LogP contribution is 2.18. The lowest BCUT2D eigenvalue weighted by Gasteiger charge is -2.13. The van der Waals surface area contributed by atoms with Gasteiger partial charge in [-0.05, 0) is 39.4 Å². The first-order valence-electron chi connectivity index (χ1n) is 6.18. The second-order valence-corrected chi connectivity index (χ2v) is 6.01. The molecule has 0 unspecified atom stereocenters. The number of aliphatic imine (C=N–C) groups is 1. The molecule has 1 heterocycles. The van der Waals surface area contributed by atoms with Crippen molar-refractivity contribution in [3.63, 3.8) is 0 Å². The molecule has 1 fully saturated rings. The average Bonchev–Trinajstić information content (AvgIpc) is 2.65. The predicted octanol–water partition coefficient (Wildman–Crippen LogP) is 2.05. The van der Waals surface area contributed by atoms with Gasteiger partial charge in [0.25, 0.3) is 0 Å². The molecule has 1 atom stereocenters. The third kappa shape index (κ3) is 5.21. The summed E-state index contributed by atoms with van der Waals surface area (Å²) in [6, 6.07) is 0.616. The zero-order valence-corrected chi connectivity index (χ0v) is 11.8. The van der Waals surface area contributed by atoms with Crippen LogP contribution in [0.5, 0.6) is 0 Å². The van der Waals surface area contributed by atoms with Crippen molar-refractivity contribution in [3.05, 3.63) is 0 Å². The van der Waals surface area contributed by atoms with Crippen molar-refractivity contribution < 1.29 is 0 Å². The number of hydrogen-bond acceptors (Lipinski definition) is 3. The van der Waals surface area contributed by atoms with E-state index in [1.54, 1.807) is 0 Å². The topological polar surface area (TPSA) is 27.6 Å². The van der Waals surface area contributed by atoms with E-state index < -0.39 is 0 Å². The Kier molecular flexibility index (Phi) is 6.21. The zero-order valence-electron chi connectivity index (χ0n) is 11.0. The molecule has 1 aliphatic heterocycles. The van der Waals surface area contributed by atoms with Crippen LogP contribution in [0.25, 0.3) is 0 Å². The Hall–Kier alpha value is -0.220. The van der Waals surface area contributed by atoms with Gasteiger partial charge in [0.15, 0.2) is 5.17 Å². The number of rotatable bonds is 6. The molecule has 1 saturated heterocycles. The zero-order chi connectivity index (χ0) is 12.0. The van der Waals surface area contributed by atoms with Gasteiger partial charge in [0.1, 0.15) is 0 Å². The third-order valence-electron chi connectivity index (χ3n) is 2.78. The van der Waals surface area contributed by atoms with Gasteiger partial charge >= 0.3 is 0 Å². The number of hydrogen-bond donors (Lipinski definition) is 1. The number of unbranched alkanes of at least 4 members (excludes halogenated alkanes) is 1. The summed E-state index contributed by atoms with van der Waals surface area (Å²) in [5.41, 5.74) is 0. The largest absolute Gasteiger partial charge is 0.361 e. The number of thioether (sulfide) groups is 1. The fraction of sp³-hybridized carbons (Fsp3) is 0.917. The quantitative estimate of drug-likeness (QED) is 0.724. The first-order chi connectivity index (χ1) is 7.59. The van der Waals surface area contributed by atoms with Crippen LogP contribution in [-0.2, 0) is 0 Å². The summed E-state index contributed by atoms with van der Waals surface area (Å²) in [6.07, 6.45) is 2.43. The van der Waals surface area contributed by atoms with Gasteiger partial charge in [-0.25, -0.2) is 0 Å². The van der Waals surface area contributed by atoms with E-state index in [0.29, 0.717) is 12.0 Å². The highest BCUT2D eigenvalue weighted by Gasteiger charge is 2.22. The molecule has 0 aromatic rings. The molecule has 0 bridgehead atoms. The Morgan fingerprint density at radius 3 is 2.75 bits per heavy atom. The van der Waals surface area contributed by atoms with Crippen molar-refractivity contribution in [2.24, 2.45) is 10.9 Å². The van der Waals surface area contributed by atoms with Crippen molar-refractivity contribution in [3.8, 4) is 0 Å². The summed E-state index contributed by atoms with van der Waals surface area (Å²) < 4.78 is 0. The van der Waals surface area contributed by atoms with Gasteiger partial charge in [-0.1, -0.05) is 25.6 Å². The lowest BCUT2D eigenvalue weighted by atomic mass is 10.1. The molecule has 16 heavy (non-hydrogen) atoms. The predicted molar refractivity (Wildman–Crippen MR) is 74.3 cm³/mol. The third-order valence-corrected chi connectivity index (χ3v) is 3.83. The molecular weight excluding hydrogens is 218 g/mol. The standard InChI is InChI=1S/C12H25N3S/c1-10(2)11-9-16-12(14-11)13-7-5-6-8-15(3)4/h10-11H,5-9H2,1-4H3,(H,13,14)/t11-/m1/s1. The smallest absolute Gasteiger partial charge is 0.156 e. The Labute approximate surface area is 104 Å². The van der Waals surface area contributed by atoms with Gasteiger partial charge in [-0.2, -0.15) is 0 Å². The van der Waals surface area contributed by atoms with Crippen molar-refractivity contribution in [2.75, 3.05) is 32.9 Å². The molecule has 0 amide bonds. The first-order valence-corrected chi connectivity index (χ1v) is 7.16. The Morgan fingerprint density at radius 1 is 1.44 bits per heavy atom. The minimum atomic E-state index is 0.616. The van der Waals surface area contributed by atoms with Gasteiger partial charge in [0.2, 0.25) is 0 Å². The number of nitrogens with zero attached hydrogens (tertiary/aromatic N) is 2. The van der Waals surface area contributed by atoms with Crippen LogP contribution in [0.15, 0.2) is 4.99 Å². The minimum absolute atomic E-state index is 0.616. The van der Waals surface area contributed by atoms with Crippen LogP contribution in [0.1, 0.15) is 26.7 Å². The van der Waals surface area contributed by atoms with E-state index in [4.69, 9.17) is 0 Å². The molecule has 1 N–H and O–H groups in total. The normalized spacial score (nSPS) is 23.4. The van der Waals surface area contributed by atoms with Crippen LogP contribution in [-0.4, -0.2) is 49.0 Å². The summed E-state index contributed by atoms with van der Waals surface area (Å²) in [7, 11) is 4.24. The molecule has 1 rings (SSSR count). The molecule has 0 aromatic heterocycles. The van der Waals surface area contributed by atoms with Crippen LogP contribution in [0.3, 0.4) is 0 Å². The first kappa shape index (κ1) is 13.8. The molecule has 0 aliphatic carbocycles. The fourth-order valence-corrected chi connectivity index (χ4v) is 2.80. The van der Waals surface area contributed by atoms with Crippen LogP contribution >= 0.6 is 11.8 Å². The molecule has 1 aliphatic rings. The summed E-state index contributed by atoms with van der Waals surface area (Å²) >= 11 is 1.87. The van der Waals surface area contributed by atoms with Crippen molar-refractivity contribution >= 4 is 16.9 Å². The van der Waals surface area contributed by atoms with Crippen molar-refractivity contribution in [2.45, 2.75) is 32.7 Å². The minimum Gasteiger partial charge on any atom is -0.361 e. The average molecular weight is 243 g/mol. The SMILES string of the molecule is CC(C)[C@H]1CSC(=NCCCCN(C)C)N1. The monoisotopic (exact) mass is 243 g/mol. The second-order valence-electron chi connectivity index (χ2n) is 5.00. The van der Waals surface area contributed by atoms with E-state index in [1.807, 2.05) is 11.8 Å². The van der Waals surface area contributed by atoms with Crippen LogP contribution in [0, 0.1) is 5.92 Å². The lowest BCUT2D eigenvalue weighted by Crippen LogP contribution is -2.31. The highest BCUT2D eigenvalue weighted by atomic mass is 32.2. The second kappa shape index (κ2) is 7.17. The Balaban J connectivity index is 2.12. The summed E-state index contributed by atoms with van der Waals surface area (Å²) in [4.78, 5) is 6.83. The van der Waals surface area contributed by atoms with E-state index in [9.17, 15) is 0 Å². The number of nitrogens with one attached hydrogen (secondary N) is 1. The molecule has 0 saturated carbocycles. The summed E-state index contributed by atoms with van der Waals surface area (Å²) in [5.74, 6) is 1.88. The molecule has 0 aromatic carbocycles. The van der Waals surface area contributed by atoms with E-state index >= 15 is 0 Å². The molecule has 0 radical (unpaired) electrons. The molecular formula is C12H25N3S. The van der Waals surface area contributed by atoms with Gasteiger partial charge in [0, 0.05) is 18.3 Å². The van der Waals surface area contributed by atoms with Crippen molar-refractivity contribution in [1.29, 1.82) is 0 Å². The molecule has 3 nitrogen and oxygen atoms in total. The maximum absolute atomic E-state index is 4.60. The molecule has 4 heteroatoms. The highest BCUT2D eigenvalue weighted by molar-refractivity contribution is 8.14. The lowest BCUT2D eigenvalue weighted by molar-refractivity contribution is 0.396. The summed E-state index contributed by atoms with van der Waals surface area (Å²) in [5, 5.41) is 4.65. The van der Waals surface area contributed by atoms with E-state index in [1.165, 1.54) is 25.1 Å². The maximum atomic E-state index is 4.60. The van der Waals surface area contributed by atoms with Crippen molar-refractivity contribution in [1.82, 2.24) is 10.2 Å². The Bertz CT molecular complexity index is 226. The van der Waals surface area contributed by atoms with Crippen LogP contribution in [0.2, 0.25) is 0 Å². The van der Waals surface area contributed by atoms with E-state index in [-0.39, 0.29) is 0 Å². The maximum Gasteiger partial charge on any atom is 0.156 e. The van der Waals surface area contributed by atoms with E-state index in [2.05, 4.69) is 43.2 Å². The van der Waals surface area contributed by atoms with Gasteiger partial charge in [-0.15, -0.1) is 0 Å². The Morgan fingerprint density at radius 2 is 2.19 bits per heavy atom. The molecule has 0 spiro atoms. The molecule has 94 valence electrons.